The minimum Gasteiger partial charge on any atom is -0.338 e. The van der Waals surface area contributed by atoms with E-state index in [9.17, 15) is 0 Å². The molecule has 0 saturated carbocycles. The van der Waals surface area contributed by atoms with Gasteiger partial charge < -0.3 is 14.1 Å². The van der Waals surface area contributed by atoms with Crippen LogP contribution in [0.3, 0.4) is 0 Å². The monoisotopic (exact) mass is 601 g/mol. The van der Waals surface area contributed by atoms with Crippen LogP contribution in [0.15, 0.2) is 158 Å². The SMILES string of the molecule is c1ccc(-n2c3ccccc3c3cc(-c4ccc5c(c4)c4ccccc4n5-c4ccc(-c5nc6cnccc6[nH]5)cc4)ccc32)cc1. The topological polar surface area (TPSA) is 51.4 Å². The summed E-state index contributed by atoms with van der Waals surface area (Å²) >= 11 is 0. The van der Waals surface area contributed by atoms with Gasteiger partial charge in [0.05, 0.1) is 33.8 Å². The van der Waals surface area contributed by atoms with Crippen LogP contribution in [0.5, 0.6) is 0 Å². The predicted molar refractivity (Wildman–Crippen MR) is 193 cm³/mol. The standard InChI is InChI=1S/C42H27N5/c1-2-8-30(9-3-1)46-38-12-6-4-10-32(38)34-24-28(16-20-40(34)46)29-17-21-41-35(25-29)33-11-5-7-13-39(33)47(41)31-18-14-27(15-19-31)42-44-36-22-23-43-26-37(36)45-42/h1-26H,(H,44,45). The largest absolute Gasteiger partial charge is 0.338 e. The number of hydrogen-bond acceptors (Lipinski definition) is 2. The summed E-state index contributed by atoms with van der Waals surface area (Å²) in [5.41, 5.74) is 12.4. The maximum Gasteiger partial charge on any atom is 0.138 e. The van der Waals surface area contributed by atoms with Crippen molar-refractivity contribution in [3.63, 3.8) is 0 Å². The number of imidazole rings is 1. The van der Waals surface area contributed by atoms with E-state index in [1.807, 2.05) is 6.07 Å². The zero-order chi connectivity index (χ0) is 30.9. The fourth-order valence-corrected chi connectivity index (χ4v) is 7.20. The van der Waals surface area contributed by atoms with Gasteiger partial charge in [0, 0.05) is 44.7 Å². The van der Waals surface area contributed by atoms with Crippen molar-refractivity contribution in [2.24, 2.45) is 0 Å². The number of hydrogen-bond donors (Lipinski definition) is 1. The van der Waals surface area contributed by atoms with E-state index in [1.165, 1.54) is 60.4 Å². The molecule has 5 nitrogen and oxygen atoms in total. The number of aromatic nitrogens is 5. The van der Waals surface area contributed by atoms with E-state index in [0.29, 0.717) is 0 Å². The molecule has 10 aromatic rings. The maximum absolute atomic E-state index is 4.74. The van der Waals surface area contributed by atoms with Gasteiger partial charge in [-0.15, -0.1) is 0 Å². The van der Waals surface area contributed by atoms with E-state index in [0.717, 1.165) is 28.1 Å². The summed E-state index contributed by atoms with van der Waals surface area (Å²) in [7, 11) is 0. The summed E-state index contributed by atoms with van der Waals surface area (Å²) in [5, 5.41) is 4.98. The van der Waals surface area contributed by atoms with E-state index in [1.54, 1.807) is 12.4 Å². The van der Waals surface area contributed by atoms with Crippen LogP contribution in [0.4, 0.5) is 0 Å². The van der Waals surface area contributed by atoms with E-state index < -0.39 is 0 Å². The van der Waals surface area contributed by atoms with Gasteiger partial charge in [-0.25, -0.2) is 4.98 Å². The lowest BCUT2D eigenvalue weighted by molar-refractivity contribution is 1.18. The summed E-state index contributed by atoms with van der Waals surface area (Å²) in [6, 6.07) is 52.3. The quantitative estimate of drug-likeness (QED) is 0.218. The van der Waals surface area contributed by atoms with E-state index in [-0.39, 0.29) is 0 Å². The van der Waals surface area contributed by atoms with Crippen molar-refractivity contribution in [2.45, 2.75) is 0 Å². The van der Waals surface area contributed by atoms with Crippen LogP contribution in [0.2, 0.25) is 0 Å². The van der Waals surface area contributed by atoms with Crippen LogP contribution in [0.1, 0.15) is 0 Å². The third kappa shape index (κ3) is 3.97. The number of benzene rings is 6. The van der Waals surface area contributed by atoms with Crippen molar-refractivity contribution in [3.05, 3.63) is 158 Å². The van der Waals surface area contributed by atoms with Crippen molar-refractivity contribution >= 4 is 54.6 Å². The minimum atomic E-state index is 0.843. The Hall–Kier alpha value is -6.46. The second-order valence-corrected chi connectivity index (χ2v) is 12.0. The summed E-state index contributed by atoms with van der Waals surface area (Å²) in [6.45, 7) is 0. The predicted octanol–water partition coefficient (Wildman–Crippen LogP) is 10.5. The molecular weight excluding hydrogens is 574 g/mol. The fraction of sp³-hybridized carbons (Fsp3) is 0. The van der Waals surface area contributed by atoms with Crippen molar-refractivity contribution in [1.29, 1.82) is 0 Å². The van der Waals surface area contributed by atoms with Crippen molar-refractivity contribution < 1.29 is 0 Å². The van der Waals surface area contributed by atoms with Crippen LogP contribution < -0.4 is 0 Å². The third-order valence-corrected chi connectivity index (χ3v) is 9.38. The number of rotatable bonds is 4. The number of aromatic amines is 1. The Kier molecular flexibility index (Phi) is 5.51. The van der Waals surface area contributed by atoms with Crippen LogP contribution in [0, 0.1) is 0 Å². The number of para-hydroxylation sites is 3. The molecule has 47 heavy (non-hydrogen) atoms. The molecule has 4 aromatic heterocycles. The van der Waals surface area contributed by atoms with E-state index in [4.69, 9.17) is 4.98 Å². The Bertz CT molecular complexity index is 2750. The van der Waals surface area contributed by atoms with Gasteiger partial charge in [-0.2, -0.15) is 0 Å². The van der Waals surface area contributed by atoms with Crippen molar-refractivity contribution in [3.8, 4) is 33.9 Å². The number of nitrogens with one attached hydrogen (secondary N) is 1. The zero-order valence-electron chi connectivity index (χ0n) is 25.3. The molecule has 4 heterocycles. The molecule has 0 spiro atoms. The average Bonchev–Trinajstić information content (AvgIpc) is 3.82. The molecule has 0 atom stereocenters. The Labute approximate surface area is 270 Å². The van der Waals surface area contributed by atoms with Gasteiger partial charge in [0.2, 0.25) is 0 Å². The van der Waals surface area contributed by atoms with Gasteiger partial charge >= 0.3 is 0 Å². The first kappa shape index (κ1) is 25.8. The van der Waals surface area contributed by atoms with Crippen LogP contribution in [0.25, 0.3) is 88.5 Å². The molecule has 0 amide bonds. The number of nitrogens with zero attached hydrogens (tertiary/aromatic N) is 4. The molecule has 5 heteroatoms. The first-order valence-corrected chi connectivity index (χ1v) is 15.8. The second kappa shape index (κ2) is 10.0. The molecule has 0 bridgehead atoms. The Morgan fingerprint density at radius 1 is 0.447 bits per heavy atom. The van der Waals surface area contributed by atoms with Gasteiger partial charge in [0.1, 0.15) is 11.3 Å². The molecule has 220 valence electrons. The van der Waals surface area contributed by atoms with Crippen LogP contribution >= 0.6 is 0 Å². The Morgan fingerprint density at radius 3 is 1.60 bits per heavy atom. The molecule has 0 aliphatic heterocycles. The van der Waals surface area contributed by atoms with Crippen molar-refractivity contribution in [2.75, 3.05) is 0 Å². The first-order valence-electron chi connectivity index (χ1n) is 15.8. The van der Waals surface area contributed by atoms with Gasteiger partial charge in [-0.1, -0.05) is 66.7 Å². The van der Waals surface area contributed by atoms with Crippen molar-refractivity contribution in [1.82, 2.24) is 24.1 Å². The number of H-pyrrole nitrogens is 1. The van der Waals surface area contributed by atoms with Gasteiger partial charge in [0.15, 0.2) is 0 Å². The lowest BCUT2D eigenvalue weighted by Gasteiger charge is -2.10. The maximum atomic E-state index is 4.74. The van der Waals surface area contributed by atoms with E-state index >= 15 is 0 Å². The highest BCUT2D eigenvalue weighted by atomic mass is 15.0. The molecule has 0 aliphatic rings. The third-order valence-electron chi connectivity index (χ3n) is 9.38. The molecule has 0 radical (unpaired) electrons. The minimum absolute atomic E-state index is 0.843. The summed E-state index contributed by atoms with van der Waals surface area (Å²) in [5.74, 6) is 0.843. The smallest absolute Gasteiger partial charge is 0.138 e. The molecule has 1 N–H and O–H groups in total. The summed E-state index contributed by atoms with van der Waals surface area (Å²) < 4.78 is 4.72. The van der Waals surface area contributed by atoms with E-state index in [2.05, 4.69) is 159 Å². The highest BCUT2D eigenvalue weighted by molar-refractivity contribution is 6.12. The Morgan fingerprint density at radius 2 is 0.979 bits per heavy atom. The number of fused-ring (bicyclic) bond motifs is 7. The summed E-state index contributed by atoms with van der Waals surface area (Å²) in [6.07, 6.45) is 3.57. The first-order chi connectivity index (χ1) is 23.3. The van der Waals surface area contributed by atoms with Gasteiger partial charge in [0.25, 0.3) is 0 Å². The van der Waals surface area contributed by atoms with Crippen LogP contribution in [-0.2, 0) is 0 Å². The highest BCUT2D eigenvalue weighted by Crippen LogP contribution is 2.38. The Balaban J connectivity index is 1.10. The molecule has 0 aliphatic carbocycles. The lowest BCUT2D eigenvalue weighted by Crippen LogP contribution is -1.94. The number of pyridine rings is 1. The molecule has 10 rings (SSSR count). The highest BCUT2D eigenvalue weighted by Gasteiger charge is 2.16. The average molecular weight is 602 g/mol. The fourth-order valence-electron chi connectivity index (χ4n) is 7.20. The molecule has 6 aromatic carbocycles. The zero-order valence-corrected chi connectivity index (χ0v) is 25.3. The molecule has 0 saturated heterocycles. The molecule has 0 fully saturated rings. The second-order valence-electron chi connectivity index (χ2n) is 12.0. The van der Waals surface area contributed by atoms with Gasteiger partial charge in [-0.05, 0) is 90.0 Å². The summed E-state index contributed by atoms with van der Waals surface area (Å²) in [4.78, 5) is 12.4. The molecular formula is C42H27N5. The lowest BCUT2D eigenvalue weighted by atomic mass is 10.0. The normalized spacial score (nSPS) is 11.8. The van der Waals surface area contributed by atoms with Crippen LogP contribution in [-0.4, -0.2) is 24.1 Å². The van der Waals surface area contributed by atoms with Gasteiger partial charge in [-0.3, -0.25) is 4.98 Å². The molecule has 0 unspecified atom stereocenters.